The minimum Gasteiger partial charge on any atom is -0.305 e. The van der Waals surface area contributed by atoms with E-state index in [1.165, 1.54) is 19.3 Å². The maximum Gasteiger partial charge on any atom is 0.397 e. The maximum absolute atomic E-state index is 13.2. The number of nitrogens with zero attached hydrogens (tertiary/aromatic N) is 3. The van der Waals surface area contributed by atoms with Crippen LogP contribution in [-0.4, -0.2) is 29.1 Å². The van der Waals surface area contributed by atoms with Gasteiger partial charge in [-0.05, 0) is 13.0 Å². The van der Waals surface area contributed by atoms with Gasteiger partial charge in [0.1, 0.15) is 22.2 Å². The zero-order valence-electron chi connectivity index (χ0n) is 11.6. The van der Waals surface area contributed by atoms with Gasteiger partial charge in [0, 0.05) is 18.8 Å². The molecule has 0 aliphatic rings. The monoisotopic (exact) mass is 333 g/mol. The van der Waals surface area contributed by atoms with E-state index in [-0.39, 0.29) is 5.00 Å². The summed E-state index contributed by atoms with van der Waals surface area (Å²) in [5.74, 6) is -1.63. The second kappa shape index (κ2) is 5.99. The number of alkyl halides is 3. The molecule has 0 spiro atoms. The zero-order valence-corrected chi connectivity index (χ0v) is 12.4. The summed E-state index contributed by atoms with van der Waals surface area (Å²) in [5, 5.41) is 0.666. The molecule has 2 heterocycles. The largest absolute Gasteiger partial charge is 0.397 e. The highest BCUT2D eigenvalue weighted by Crippen LogP contribution is 2.34. The number of pyridine rings is 1. The number of aryl methyl sites for hydroxylation is 1. The molecule has 0 saturated heterocycles. The first kappa shape index (κ1) is 16.3. The van der Waals surface area contributed by atoms with E-state index in [9.17, 15) is 22.4 Å². The molecule has 22 heavy (non-hydrogen) atoms. The van der Waals surface area contributed by atoms with Gasteiger partial charge >= 0.3 is 6.18 Å². The molecule has 4 nitrogen and oxygen atoms in total. The predicted octanol–water partition coefficient (Wildman–Crippen LogP) is 3.57. The lowest BCUT2D eigenvalue weighted by atomic mass is 10.3. The minimum absolute atomic E-state index is 0.286. The molecule has 0 N–H and O–H groups in total. The van der Waals surface area contributed by atoms with Crippen LogP contribution in [-0.2, 0) is 4.79 Å². The standard InChI is InChI=1S/C13H11F4N3OS/c1-7-12(20(2)10(21)4-13(15,16)17)22-11(19-7)8-3-9(14)6-18-5-8/h3,5-6H,4H2,1-2H3. The summed E-state index contributed by atoms with van der Waals surface area (Å²) < 4.78 is 50.0. The van der Waals surface area contributed by atoms with Gasteiger partial charge in [-0.3, -0.25) is 9.78 Å². The fourth-order valence-corrected chi connectivity index (χ4v) is 2.78. The van der Waals surface area contributed by atoms with E-state index in [1.807, 2.05) is 0 Å². The Bertz CT molecular complexity index is 699. The van der Waals surface area contributed by atoms with Crippen LogP contribution in [0.1, 0.15) is 12.1 Å². The Kier molecular flexibility index (Phi) is 4.45. The molecule has 0 aromatic carbocycles. The summed E-state index contributed by atoms with van der Waals surface area (Å²) in [6.45, 7) is 1.57. The number of aromatic nitrogens is 2. The highest BCUT2D eigenvalue weighted by molar-refractivity contribution is 7.19. The van der Waals surface area contributed by atoms with Gasteiger partial charge in [-0.1, -0.05) is 11.3 Å². The molecule has 9 heteroatoms. The third-order valence-electron chi connectivity index (χ3n) is 2.75. The SMILES string of the molecule is Cc1nc(-c2cncc(F)c2)sc1N(C)C(=O)CC(F)(F)F. The lowest BCUT2D eigenvalue weighted by molar-refractivity contribution is -0.151. The highest BCUT2D eigenvalue weighted by Gasteiger charge is 2.33. The molecule has 118 valence electrons. The van der Waals surface area contributed by atoms with Crippen LogP contribution in [0.5, 0.6) is 0 Å². The zero-order chi connectivity index (χ0) is 16.5. The fraction of sp³-hybridized carbons (Fsp3) is 0.308. The van der Waals surface area contributed by atoms with Crippen LogP contribution in [0.3, 0.4) is 0 Å². The van der Waals surface area contributed by atoms with Crippen molar-refractivity contribution in [3.63, 3.8) is 0 Å². The molecule has 0 aliphatic heterocycles. The van der Waals surface area contributed by atoms with Gasteiger partial charge in [0.05, 0.1) is 11.9 Å². The summed E-state index contributed by atoms with van der Waals surface area (Å²) in [6.07, 6.45) is -3.69. The predicted molar refractivity (Wildman–Crippen MR) is 74.1 cm³/mol. The molecule has 0 bridgehead atoms. The molecule has 0 radical (unpaired) electrons. The third-order valence-corrected chi connectivity index (χ3v) is 4.04. The summed E-state index contributed by atoms with van der Waals surface area (Å²) >= 11 is 1.00. The van der Waals surface area contributed by atoms with E-state index in [4.69, 9.17) is 0 Å². The number of anilines is 1. The van der Waals surface area contributed by atoms with Gasteiger partial charge in [0.25, 0.3) is 0 Å². The van der Waals surface area contributed by atoms with E-state index in [0.717, 1.165) is 22.4 Å². The second-order valence-electron chi connectivity index (χ2n) is 4.55. The summed E-state index contributed by atoms with van der Waals surface area (Å²) in [5.41, 5.74) is 0.790. The first-order valence-electron chi connectivity index (χ1n) is 6.09. The second-order valence-corrected chi connectivity index (χ2v) is 5.52. The molecule has 0 unspecified atom stereocenters. The summed E-state index contributed by atoms with van der Waals surface area (Å²) in [7, 11) is 1.25. The van der Waals surface area contributed by atoms with E-state index >= 15 is 0 Å². The van der Waals surface area contributed by atoms with Crippen molar-refractivity contribution in [3.8, 4) is 10.6 Å². The summed E-state index contributed by atoms with van der Waals surface area (Å²) in [6, 6.07) is 1.21. The van der Waals surface area contributed by atoms with Crippen LogP contribution >= 0.6 is 11.3 Å². The molecular formula is C13H11F4N3OS. The van der Waals surface area contributed by atoms with E-state index in [0.29, 0.717) is 16.3 Å². The van der Waals surface area contributed by atoms with Gasteiger partial charge in [0.15, 0.2) is 0 Å². The number of hydrogen-bond donors (Lipinski definition) is 0. The average Bonchev–Trinajstić information content (AvgIpc) is 2.78. The Balaban J connectivity index is 2.28. The fourth-order valence-electron chi connectivity index (χ4n) is 1.76. The number of carbonyl (C=O) groups excluding carboxylic acids is 1. The Morgan fingerprint density at radius 1 is 1.36 bits per heavy atom. The molecule has 2 rings (SSSR count). The first-order valence-corrected chi connectivity index (χ1v) is 6.90. The van der Waals surface area contributed by atoms with Crippen LogP contribution in [0.25, 0.3) is 10.6 Å². The van der Waals surface area contributed by atoms with Gasteiger partial charge in [-0.2, -0.15) is 13.2 Å². The number of thiazole rings is 1. The van der Waals surface area contributed by atoms with Gasteiger partial charge < -0.3 is 4.90 Å². The topological polar surface area (TPSA) is 46.1 Å². The molecular weight excluding hydrogens is 322 g/mol. The van der Waals surface area contributed by atoms with Crippen molar-refractivity contribution in [3.05, 3.63) is 30.0 Å². The van der Waals surface area contributed by atoms with Crippen molar-refractivity contribution in [2.75, 3.05) is 11.9 Å². The van der Waals surface area contributed by atoms with Gasteiger partial charge in [-0.15, -0.1) is 0 Å². The van der Waals surface area contributed by atoms with Gasteiger partial charge in [-0.25, -0.2) is 9.37 Å². The number of rotatable bonds is 3. The number of amides is 1. The Labute approximate surface area is 127 Å². The van der Waals surface area contributed by atoms with Crippen molar-refractivity contribution in [1.29, 1.82) is 0 Å². The first-order chi connectivity index (χ1) is 10.2. The van der Waals surface area contributed by atoms with Crippen LogP contribution in [0.4, 0.5) is 22.6 Å². The third kappa shape index (κ3) is 3.79. The normalized spacial score (nSPS) is 11.5. The van der Waals surface area contributed by atoms with Crippen LogP contribution in [0.2, 0.25) is 0 Å². The number of carbonyl (C=O) groups is 1. The van der Waals surface area contributed by atoms with Crippen molar-refractivity contribution in [2.24, 2.45) is 0 Å². The molecule has 1 amide bonds. The molecule has 2 aromatic heterocycles. The quantitative estimate of drug-likeness (QED) is 0.807. The molecule has 0 fully saturated rings. The Morgan fingerprint density at radius 3 is 2.64 bits per heavy atom. The molecule has 0 aliphatic carbocycles. The summed E-state index contributed by atoms with van der Waals surface area (Å²) in [4.78, 5) is 20.4. The molecule has 2 aromatic rings. The van der Waals surface area contributed by atoms with Crippen LogP contribution in [0.15, 0.2) is 18.5 Å². The van der Waals surface area contributed by atoms with Crippen LogP contribution < -0.4 is 4.90 Å². The van der Waals surface area contributed by atoms with Crippen molar-refractivity contribution in [1.82, 2.24) is 9.97 Å². The van der Waals surface area contributed by atoms with Crippen molar-refractivity contribution >= 4 is 22.2 Å². The minimum atomic E-state index is -4.57. The lowest BCUT2D eigenvalue weighted by Crippen LogP contribution is -2.30. The van der Waals surface area contributed by atoms with E-state index in [2.05, 4.69) is 9.97 Å². The smallest absolute Gasteiger partial charge is 0.305 e. The van der Waals surface area contributed by atoms with Gasteiger partial charge in [0.2, 0.25) is 5.91 Å². The maximum atomic E-state index is 13.2. The van der Waals surface area contributed by atoms with E-state index < -0.39 is 24.3 Å². The van der Waals surface area contributed by atoms with Crippen molar-refractivity contribution in [2.45, 2.75) is 19.5 Å². The number of halogens is 4. The Hall–Kier alpha value is -2.03. The van der Waals surface area contributed by atoms with E-state index in [1.54, 1.807) is 6.92 Å². The van der Waals surface area contributed by atoms with Crippen molar-refractivity contribution < 1.29 is 22.4 Å². The molecule has 0 saturated carbocycles. The number of hydrogen-bond acceptors (Lipinski definition) is 4. The lowest BCUT2D eigenvalue weighted by Gasteiger charge is -2.16. The Morgan fingerprint density at radius 2 is 2.05 bits per heavy atom. The average molecular weight is 333 g/mol. The van der Waals surface area contributed by atoms with Crippen LogP contribution in [0, 0.1) is 12.7 Å². The highest BCUT2D eigenvalue weighted by atomic mass is 32.1. The molecule has 0 atom stereocenters.